The van der Waals surface area contributed by atoms with Crippen molar-refractivity contribution in [2.24, 2.45) is 0 Å². The first-order valence-corrected chi connectivity index (χ1v) is 9.59. The quantitative estimate of drug-likeness (QED) is 0.812. The lowest BCUT2D eigenvalue weighted by Crippen LogP contribution is -2.43. The molecule has 1 aromatic carbocycles. The third-order valence-electron chi connectivity index (χ3n) is 5.18. The molecule has 0 aromatic heterocycles. The summed E-state index contributed by atoms with van der Waals surface area (Å²) in [5.74, 6) is 0.574. The number of hydrogen-bond acceptors (Lipinski definition) is 4. The van der Waals surface area contributed by atoms with E-state index in [0.29, 0.717) is 18.0 Å². The van der Waals surface area contributed by atoms with Crippen molar-refractivity contribution < 1.29 is 19.1 Å². The average molecular weight is 360 g/mol. The molecule has 0 unspecified atom stereocenters. The summed E-state index contributed by atoms with van der Waals surface area (Å²) in [5, 5.41) is 2.95. The van der Waals surface area contributed by atoms with E-state index in [2.05, 4.69) is 5.32 Å². The van der Waals surface area contributed by atoms with Gasteiger partial charge in [0.1, 0.15) is 11.4 Å². The Hall–Kier alpha value is -2.08. The molecule has 1 heterocycles. The van der Waals surface area contributed by atoms with E-state index in [1.807, 2.05) is 11.8 Å². The Bertz CT molecular complexity index is 617. The number of nitrogens with zero attached hydrogens (tertiary/aromatic N) is 1. The molecule has 2 amide bonds. The van der Waals surface area contributed by atoms with Crippen molar-refractivity contribution in [2.45, 2.75) is 51.0 Å². The Balaban J connectivity index is 1.52. The minimum atomic E-state index is -0.688. The first-order chi connectivity index (χ1) is 12.6. The van der Waals surface area contributed by atoms with Gasteiger partial charge in [0.05, 0.1) is 0 Å². The number of ether oxygens (including phenoxy) is 2. The number of anilines is 1. The number of carbonyl (C=O) groups excluding carboxylic acids is 2. The van der Waals surface area contributed by atoms with Crippen LogP contribution in [0.25, 0.3) is 0 Å². The lowest BCUT2D eigenvalue weighted by molar-refractivity contribution is -0.140. The van der Waals surface area contributed by atoms with E-state index in [-0.39, 0.29) is 18.4 Å². The molecule has 1 saturated carbocycles. The largest absolute Gasteiger partial charge is 0.484 e. The summed E-state index contributed by atoms with van der Waals surface area (Å²) in [6, 6.07) is 7.13. The van der Waals surface area contributed by atoms with Gasteiger partial charge >= 0.3 is 0 Å². The lowest BCUT2D eigenvalue weighted by Gasteiger charge is -2.27. The highest BCUT2D eigenvalue weighted by atomic mass is 16.5. The van der Waals surface area contributed by atoms with E-state index in [1.54, 1.807) is 24.3 Å². The lowest BCUT2D eigenvalue weighted by atomic mass is 10.0. The van der Waals surface area contributed by atoms with Gasteiger partial charge in [-0.2, -0.15) is 0 Å². The minimum Gasteiger partial charge on any atom is -0.484 e. The summed E-state index contributed by atoms with van der Waals surface area (Å²) in [7, 11) is 0. The predicted molar refractivity (Wildman–Crippen MR) is 99.2 cm³/mol. The van der Waals surface area contributed by atoms with Gasteiger partial charge in [-0.25, -0.2) is 0 Å². The van der Waals surface area contributed by atoms with E-state index >= 15 is 0 Å². The SMILES string of the molecule is CCOC1(C(=O)Nc2ccc(OCC(=O)N3CCCC3)cc2)CCCC1. The van der Waals surface area contributed by atoms with Gasteiger partial charge in [-0.15, -0.1) is 0 Å². The van der Waals surface area contributed by atoms with Gasteiger partial charge in [0, 0.05) is 25.4 Å². The van der Waals surface area contributed by atoms with Crippen molar-refractivity contribution in [1.29, 1.82) is 0 Å². The highest BCUT2D eigenvalue weighted by Gasteiger charge is 2.41. The van der Waals surface area contributed by atoms with E-state index in [9.17, 15) is 9.59 Å². The molecule has 6 heteroatoms. The van der Waals surface area contributed by atoms with Crippen LogP contribution in [0.4, 0.5) is 5.69 Å². The molecule has 1 saturated heterocycles. The molecule has 0 bridgehead atoms. The summed E-state index contributed by atoms with van der Waals surface area (Å²) < 4.78 is 11.4. The van der Waals surface area contributed by atoms with Crippen LogP contribution in [-0.4, -0.2) is 48.6 Å². The molecular formula is C20H28N2O4. The Morgan fingerprint density at radius 3 is 2.35 bits per heavy atom. The highest BCUT2D eigenvalue weighted by Crippen LogP contribution is 2.34. The van der Waals surface area contributed by atoms with Gasteiger partial charge < -0.3 is 19.7 Å². The van der Waals surface area contributed by atoms with E-state index in [1.165, 1.54) is 0 Å². The molecule has 0 radical (unpaired) electrons. The molecular weight excluding hydrogens is 332 g/mol. The van der Waals surface area contributed by atoms with Crippen molar-refractivity contribution in [1.82, 2.24) is 4.90 Å². The maximum absolute atomic E-state index is 12.7. The third kappa shape index (κ3) is 4.36. The van der Waals surface area contributed by atoms with Crippen molar-refractivity contribution in [3.63, 3.8) is 0 Å². The van der Waals surface area contributed by atoms with Crippen LogP contribution in [0.15, 0.2) is 24.3 Å². The van der Waals surface area contributed by atoms with Gasteiger partial charge in [-0.1, -0.05) is 0 Å². The van der Waals surface area contributed by atoms with Crippen LogP contribution in [0.5, 0.6) is 5.75 Å². The van der Waals surface area contributed by atoms with Crippen LogP contribution in [0, 0.1) is 0 Å². The number of nitrogens with one attached hydrogen (secondary N) is 1. The molecule has 26 heavy (non-hydrogen) atoms. The van der Waals surface area contributed by atoms with Crippen molar-refractivity contribution in [3.05, 3.63) is 24.3 Å². The standard InChI is InChI=1S/C20H28N2O4/c1-2-26-20(11-3-4-12-20)19(24)21-16-7-9-17(10-8-16)25-15-18(23)22-13-5-6-14-22/h7-10H,2-6,11-15H2,1H3,(H,21,24). The third-order valence-corrected chi connectivity index (χ3v) is 5.18. The van der Waals surface area contributed by atoms with Crippen LogP contribution in [-0.2, 0) is 14.3 Å². The Labute approximate surface area is 154 Å². The fourth-order valence-electron chi connectivity index (χ4n) is 3.74. The summed E-state index contributed by atoms with van der Waals surface area (Å²) in [6.45, 7) is 4.16. The topological polar surface area (TPSA) is 67.9 Å². The van der Waals surface area contributed by atoms with Crippen LogP contribution in [0.3, 0.4) is 0 Å². The minimum absolute atomic E-state index is 0.0276. The summed E-state index contributed by atoms with van der Waals surface area (Å²) in [4.78, 5) is 26.5. The van der Waals surface area contributed by atoms with Crippen LogP contribution in [0.1, 0.15) is 45.4 Å². The monoisotopic (exact) mass is 360 g/mol. The first kappa shape index (κ1) is 18.7. The smallest absolute Gasteiger partial charge is 0.260 e. The number of rotatable bonds is 7. The average Bonchev–Trinajstić information content (AvgIpc) is 3.34. The zero-order chi connectivity index (χ0) is 18.4. The fraction of sp³-hybridized carbons (Fsp3) is 0.600. The second-order valence-corrected chi connectivity index (χ2v) is 6.99. The van der Waals surface area contributed by atoms with Crippen LogP contribution < -0.4 is 10.1 Å². The molecule has 142 valence electrons. The summed E-state index contributed by atoms with van der Waals surface area (Å²) in [5.41, 5.74) is 0.0192. The van der Waals surface area contributed by atoms with Gasteiger partial charge in [0.2, 0.25) is 0 Å². The first-order valence-electron chi connectivity index (χ1n) is 9.59. The van der Waals surface area contributed by atoms with Crippen molar-refractivity contribution in [3.8, 4) is 5.75 Å². The number of benzene rings is 1. The molecule has 1 aromatic rings. The molecule has 1 aliphatic heterocycles. The summed E-state index contributed by atoms with van der Waals surface area (Å²) >= 11 is 0. The number of hydrogen-bond donors (Lipinski definition) is 1. The van der Waals surface area contributed by atoms with E-state index in [0.717, 1.165) is 51.6 Å². The molecule has 0 atom stereocenters. The molecule has 1 N–H and O–H groups in total. The second-order valence-electron chi connectivity index (χ2n) is 6.99. The van der Waals surface area contributed by atoms with Gasteiger partial charge in [-0.05, 0) is 69.7 Å². The maximum atomic E-state index is 12.7. The maximum Gasteiger partial charge on any atom is 0.260 e. The highest BCUT2D eigenvalue weighted by molar-refractivity contribution is 5.97. The fourth-order valence-corrected chi connectivity index (χ4v) is 3.74. The number of amides is 2. The Kier molecular flexibility index (Phi) is 6.14. The number of carbonyl (C=O) groups is 2. The predicted octanol–water partition coefficient (Wildman–Crippen LogP) is 2.98. The van der Waals surface area contributed by atoms with Gasteiger partial charge in [0.15, 0.2) is 6.61 Å². The van der Waals surface area contributed by atoms with Crippen LogP contribution >= 0.6 is 0 Å². The Morgan fingerprint density at radius 1 is 1.08 bits per heavy atom. The Morgan fingerprint density at radius 2 is 1.73 bits per heavy atom. The summed E-state index contributed by atoms with van der Waals surface area (Å²) in [6.07, 6.45) is 5.72. The zero-order valence-corrected chi connectivity index (χ0v) is 15.5. The molecule has 3 rings (SSSR count). The van der Waals surface area contributed by atoms with Crippen molar-refractivity contribution >= 4 is 17.5 Å². The zero-order valence-electron chi connectivity index (χ0n) is 15.5. The second kappa shape index (κ2) is 8.54. The molecule has 2 fully saturated rings. The van der Waals surface area contributed by atoms with E-state index < -0.39 is 5.60 Å². The molecule has 0 spiro atoms. The van der Waals surface area contributed by atoms with Crippen LogP contribution in [0.2, 0.25) is 0 Å². The molecule has 2 aliphatic rings. The van der Waals surface area contributed by atoms with Gasteiger partial charge in [-0.3, -0.25) is 9.59 Å². The number of likely N-dealkylation sites (tertiary alicyclic amines) is 1. The molecule has 6 nitrogen and oxygen atoms in total. The van der Waals surface area contributed by atoms with Crippen molar-refractivity contribution in [2.75, 3.05) is 31.6 Å². The molecule has 1 aliphatic carbocycles. The normalized spacial score (nSPS) is 18.7. The van der Waals surface area contributed by atoms with Gasteiger partial charge in [0.25, 0.3) is 11.8 Å². The van der Waals surface area contributed by atoms with E-state index in [4.69, 9.17) is 9.47 Å².